The maximum Gasteiger partial charge on any atom is 0.0370 e. The Morgan fingerprint density at radius 1 is 0.880 bits per heavy atom. The van der Waals surface area contributed by atoms with E-state index < -0.39 is 0 Å². The molecule has 0 spiro atoms. The van der Waals surface area contributed by atoms with Gasteiger partial charge in [-0.25, -0.2) is 0 Å². The van der Waals surface area contributed by atoms with Gasteiger partial charge in [0.2, 0.25) is 0 Å². The van der Waals surface area contributed by atoms with Crippen molar-refractivity contribution in [3.05, 3.63) is 65.7 Å². The van der Waals surface area contributed by atoms with Gasteiger partial charge in [-0.15, -0.1) is 0 Å². The van der Waals surface area contributed by atoms with Crippen LogP contribution < -0.4 is 4.90 Å². The van der Waals surface area contributed by atoms with Crippen molar-refractivity contribution in [1.82, 2.24) is 0 Å². The van der Waals surface area contributed by atoms with Crippen molar-refractivity contribution in [2.75, 3.05) is 11.4 Å². The molecular formula is C24H31N. The van der Waals surface area contributed by atoms with E-state index in [4.69, 9.17) is 0 Å². The molecule has 1 fully saturated rings. The highest BCUT2D eigenvalue weighted by Gasteiger charge is 2.36. The van der Waals surface area contributed by atoms with Crippen LogP contribution in [0, 0.1) is 11.3 Å². The number of hydrogen-bond acceptors (Lipinski definition) is 1. The quantitative estimate of drug-likeness (QED) is 0.675. The van der Waals surface area contributed by atoms with E-state index in [1.54, 1.807) is 11.1 Å². The first-order valence-electron chi connectivity index (χ1n) is 10.0. The zero-order valence-electron chi connectivity index (χ0n) is 15.7. The molecule has 2 aromatic carbocycles. The minimum absolute atomic E-state index is 0.469. The minimum atomic E-state index is 0.469. The SMILES string of the molecule is CC1(C)CCCC[C@H]1CN(c1ccccc1)C1Cc2ccccc2C1. The summed E-state index contributed by atoms with van der Waals surface area (Å²) < 4.78 is 0. The lowest BCUT2D eigenvalue weighted by Crippen LogP contribution is -2.44. The van der Waals surface area contributed by atoms with Crippen LogP contribution in [-0.4, -0.2) is 12.6 Å². The van der Waals surface area contributed by atoms with Gasteiger partial charge in [0.25, 0.3) is 0 Å². The largest absolute Gasteiger partial charge is 0.368 e. The summed E-state index contributed by atoms with van der Waals surface area (Å²) in [4.78, 5) is 2.73. The van der Waals surface area contributed by atoms with Crippen LogP contribution >= 0.6 is 0 Å². The maximum atomic E-state index is 2.73. The second kappa shape index (κ2) is 6.86. The number of rotatable bonds is 4. The Labute approximate surface area is 153 Å². The van der Waals surface area contributed by atoms with E-state index in [0.29, 0.717) is 11.5 Å². The summed E-state index contributed by atoms with van der Waals surface area (Å²) in [6.45, 7) is 6.18. The van der Waals surface area contributed by atoms with Crippen molar-refractivity contribution >= 4 is 5.69 Å². The van der Waals surface area contributed by atoms with Gasteiger partial charge in [0.1, 0.15) is 0 Å². The molecule has 132 valence electrons. The average Bonchev–Trinajstić information content (AvgIpc) is 3.05. The van der Waals surface area contributed by atoms with E-state index in [-0.39, 0.29) is 0 Å². The standard InChI is InChI=1S/C24H31N/c1-24(2)15-9-8-12-21(24)18-25(22-13-4-3-5-14-22)23-16-19-10-6-7-11-20(19)17-23/h3-7,10-11,13-14,21,23H,8-9,12,15-18H2,1-2H3/t21-/m0/s1. The number of anilines is 1. The van der Waals surface area contributed by atoms with Crippen LogP contribution in [0.1, 0.15) is 50.7 Å². The highest BCUT2D eigenvalue weighted by atomic mass is 15.2. The summed E-state index contributed by atoms with van der Waals surface area (Å²) in [5, 5.41) is 0. The monoisotopic (exact) mass is 333 g/mol. The van der Waals surface area contributed by atoms with Crippen LogP contribution in [0.2, 0.25) is 0 Å². The molecule has 2 aliphatic rings. The van der Waals surface area contributed by atoms with Gasteiger partial charge in [-0.3, -0.25) is 0 Å². The summed E-state index contributed by atoms with van der Waals surface area (Å²) in [5.74, 6) is 0.796. The van der Waals surface area contributed by atoms with Crippen molar-refractivity contribution in [3.63, 3.8) is 0 Å². The fraction of sp³-hybridized carbons (Fsp3) is 0.500. The van der Waals surface area contributed by atoms with Crippen LogP contribution in [0.3, 0.4) is 0 Å². The topological polar surface area (TPSA) is 3.24 Å². The van der Waals surface area contributed by atoms with Gasteiger partial charge in [-0.1, -0.05) is 69.2 Å². The van der Waals surface area contributed by atoms with Crippen LogP contribution in [0.15, 0.2) is 54.6 Å². The van der Waals surface area contributed by atoms with Gasteiger partial charge in [0.15, 0.2) is 0 Å². The van der Waals surface area contributed by atoms with E-state index in [2.05, 4.69) is 73.3 Å². The Balaban J connectivity index is 1.60. The Bertz CT molecular complexity index is 678. The van der Waals surface area contributed by atoms with Crippen LogP contribution in [-0.2, 0) is 12.8 Å². The van der Waals surface area contributed by atoms with Gasteiger partial charge in [0, 0.05) is 18.3 Å². The second-order valence-electron chi connectivity index (χ2n) is 8.75. The van der Waals surface area contributed by atoms with Crippen molar-refractivity contribution in [3.8, 4) is 0 Å². The molecule has 0 bridgehead atoms. The number of fused-ring (bicyclic) bond motifs is 1. The van der Waals surface area contributed by atoms with Crippen molar-refractivity contribution in [2.45, 2.75) is 58.4 Å². The Kier molecular flexibility index (Phi) is 4.58. The maximum absolute atomic E-state index is 2.73. The number of para-hydroxylation sites is 1. The third kappa shape index (κ3) is 3.47. The fourth-order valence-corrected chi connectivity index (χ4v) is 4.98. The zero-order chi connectivity index (χ0) is 17.3. The predicted molar refractivity (Wildman–Crippen MR) is 107 cm³/mol. The van der Waals surface area contributed by atoms with Crippen molar-refractivity contribution in [1.29, 1.82) is 0 Å². The lowest BCUT2D eigenvalue weighted by atomic mass is 9.68. The van der Waals surface area contributed by atoms with Gasteiger partial charge in [-0.05, 0) is 60.3 Å². The molecular weight excluding hydrogens is 302 g/mol. The molecule has 0 radical (unpaired) electrons. The molecule has 2 aromatic rings. The van der Waals surface area contributed by atoms with E-state index in [9.17, 15) is 0 Å². The lowest BCUT2D eigenvalue weighted by Gasteiger charge is -2.43. The third-order valence-electron chi connectivity index (χ3n) is 6.70. The van der Waals surface area contributed by atoms with E-state index in [1.165, 1.54) is 50.8 Å². The zero-order valence-corrected chi connectivity index (χ0v) is 15.7. The lowest BCUT2D eigenvalue weighted by molar-refractivity contribution is 0.140. The van der Waals surface area contributed by atoms with Crippen LogP contribution in [0.5, 0.6) is 0 Å². The molecule has 4 rings (SSSR count). The molecule has 0 N–H and O–H groups in total. The molecule has 0 aliphatic heterocycles. The summed E-state index contributed by atoms with van der Waals surface area (Å²) in [6, 6.07) is 20.8. The number of hydrogen-bond donors (Lipinski definition) is 0. The Hall–Kier alpha value is -1.76. The third-order valence-corrected chi connectivity index (χ3v) is 6.70. The molecule has 1 atom stereocenters. The first kappa shape index (κ1) is 16.7. The predicted octanol–water partition coefficient (Wildman–Crippen LogP) is 5.88. The molecule has 0 aromatic heterocycles. The molecule has 0 saturated heterocycles. The van der Waals surface area contributed by atoms with Crippen molar-refractivity contribution in [2.24, 2.45) is 11.3 Å². The molecule has 1 saturated carbocycles. The highest BCUT2D eigenvalue weighted by molar-refractivity contribution is 5.50. The van der Waals surface area contributed by atoms with E-state index in [0.717, 1.165) is 5.92 Å². The van der Waals surface area contributed by atoms with Crippen LogP contribution in [0.25, 0.3) is 0 Å². The summed E-state index contributed by atoms with van der Waals surface area (Å²) in [6.07, 6.45) is 7.96. The molecule has 2 aliphatic carbocycles. The van der Waals surface area contributed by atoms with Gasteiger partial charge < -0.3 is 4.90 Å². The van der Waals surface area contributed by atoms with Gasteiger partial charge >= 0.3 is 0 Å². The summed E-state index contributed by atoms with van der Waals surface area (Å²) >= 11 is 0. The van der Waals surface area contributed by atoms with Crippen LogP contribution in [0.4, 0.5) is 5.69 Å². The average molecular weight is 334 g/mol. The first-order valence-corrected chi connectivity index (χ1v) is 10.0. The molecule has 1 heteroatoms. The first-order chi connectivity index (χ1) is 12.1. The van der Waals surface area contributed by atoms with Gasteiger partial charge in [-0.2, -0.15) is 0 Å². The molecule has 0 amide bonds. The second-order valence-corrected chi connectivity index (χ2v) is 8.75. The smallest absolute Gasteiger partial charge is 0.0370 e. The number of benzene rings is 2. The Morgan fingerprint density at radius 3 is 2.16 bits per heavy atom. The summed E-state index contributed by atoms with van der Waals surface area (Å²) in [7, 11) is 0. The molecule has 0 heterocycles. The summed E-state index contributed by atoms with van der Waals surface area (Å²) in [5.41, 5.74) is 4.98. The molecule has 1 nitrogen and oxygen atoms in total. The Morgan fingerprint density at radius 2 is 1.52 bits per heavy atom. The minimum Gasteiger partial charge on any atom is -0.368 e. The number of nitrogens with zero attached hydrogens (tertiary/aromatic N) is 1. The molecule has 0 unspecified atom stereocenters. The highest BCUT2D eigenvalue weighted by Crippen LogP contribution is 2.42. The molecule has 25 heavy (non-hydrogen) atoms. The van der Waals surface area contributed by atoms with E-state index in [1.807, 2.05) is 0 Å². The van der Waals surface area contributed by atoms with Gasteiger partial charge in [0.05, 0.1) is 0 Å². The van der Waals surface area contributed by atoms with Crippen molar-refractivity contribution < 1.29 is 0 Å². The fourth-order valence-electron chi connectivity index (χ4n) is 4.98. The van der Waals surface area contributed by atoms with E-state index >= 15 is 0 Å². The normalized spacial score (nSPS) is 22.6.